The van der Waals surface area contributed by atoms with E-state index in [-0.39, 0.29) is 6.17 Å². The van der Waals surface area contributed by atoms with E-state index in [1.54, 1.807) is 0 Å². The van der Waals surface area contributed by atoms with Crippen LogP contribution in [0.25, 0.3) is 0 Å². The van der Waals surface area contributed by atoms with Crippen LogP contribution in [0.1, 0.15) is 55.0 Å². The predicted octanol–water partition coefficient (Wildman–Crippen LogP) is 4.64. The Morgan fingerprint density at radius 1 is 0.920 bits per heavy atom. The number of hydrogen-bond donors (Lipinski definition) is 0. The molecular formula is C22H26N2O. The van der Waals surface area contributed by atoms with Crippen molar-refractivity contribution in [1.82, 2.24) is 4.90 Å². The van der Waals surface area contributed by atoms with Gasteiger partial charge in [0.2, 0.25) is 11.9 Å². The summed E-state index contributed by atoms with van der Waals surface area (Å²) in [6.07, 6.45) is 6.11. The predicted molar refractivity (Wildman–Crippen MR) is 102 cm³/mol. The zero-order valence-electron chi connectivity index (χ0n) is 14.9. The Bertz CT molecular complexity index is 745. The minimum Gasteiger partial charge on any atom is -0.622 e. The highest BCUT2D eigenvalue weighted by Crippen LogP contribution is 2.34. The molecule has 1 fully saturated rings. The van der Waals surface area contributed by atoms with Gasteiger partial charge >= 0.3 is 0 Å². The molecule has 2 aromatic carbocycles. The third-order valence-corrected chi connectivity index (χ3v) is 5.66. The first-order valence-corrected chi connectivity index (χ1v) is 9.44. The van der Waals surface area contributed by atoms with E-state index >= 15 is 0 Å². The Morgan fingerprint density at radius 3 is 2.28 bits per heavy atom. The van der Waals surface area contributed by atoms with Gasteiger partial charge in [-0.3, -0.25) is 0 Å². The van der Waals surface area contributed by atoms with Crippen molar-refractivity contribution in [2.45, 2.75) is 51.2 Å². The lowest BCUT2D eigenvalue weighted by Gasteiger charge is -2.33. The van der Waals surface area contributed by atoms with E-state index in [2.05, 4.69) is 48.2 Å². The molecule has 3 heteroatoms. The monoisotopic (exact) mass is 334 g/mol. The fourth-order valence-corrected chi connectivity index (χ4v) is 4.27. The second kappa shape index (κ2) is 7.01. The minimum absolute atomic E-state index is 0.194. The molecule has 25 heavy (non-hydrogen) atoms. The van der Waals surface area contributed by atoms with Crippen LogP contribution in [0.4, 0.5) is 0 Å². The topological polar surface area (TPSA) is 29.3 Å². The van der Waals surface area contributed by atoms with E-state index in [0.717, 1.165) is 23.4 Å². The highest BCUT2D eigenvalue weighted by molar-refractivity contribution is 5.99. The van der Waals surface area contributed by atoms with Crippen molar-refractivity contribution in [3.63, 3.8) is 0 Å². The van der Waals surface area contributed by atoms with Crippen molar-refractivity contribution < 1.29 is 4.74 Å². The molecule has 0 amide bonds. The highest BCUT2D eigenvalue weighted by atomic mass is 16.5. The molecule has 0 radical (unpaired) electrons. The molecule has 1 heterocycles. The quantitative estimate of drug-likeness (QED) is 0.604. The lowest BCUT2D eigenvalue weighted by atomic mass is 9.93. The van der Waals surface area contributed by atoms with Crippen LogP contribution >= 0.6 is 0 Å². The van der Waals surface area contributed by atoms with Gasteiger partial charge in [-0.2, -0.15) is 4.74 Å². The van der Waals surface area contributed by atoms with Gasteiger partial charge in [-0.25, -0.2) is 4.90 Å². The summed E-state index contributed by atoms with van der Waals surface area (Å²) in [5.41, 5.74) is 4.29. The third kappa shape index (κ3) is 3.21. The van der Waals surface area contributed by atoms with E-state index < -0.39 is 0 Å². The van der Waals surface area contributed by atoms with Gasteiger partial charge in [-0.1, -0.05) is 67.3 Å². The first-order valence-electron chi connectivity index (χ1n) is 9.44. The van der Waals surface area contributed by atoms with Crippen molar-refractivity contribution in [3.05, 3.63) is 76.5 Å². The molecular weight excluding hydrogens is 308 g/mol. The van der Waals surface area contributed by atoms with E-state index in [9.17, 15) is 5.21 Å². The maximum absolute atomic E-state index is 13.3. The molecule has 0 aromatic heterocycles. The van der Waals surface area contributed by atoms with Crippen molar-refractivity contribution in [1.29, 1.82) is 0 Å². The molecule has 0 bridgehead atoms. The average Bonchev–Trinajstić information content (AvgIpc) is 3.01. The summed E-state index contributed by atoms with van der Waals surface area (Å²) in [7, 11) is 0. The second-order valence-electron chi connectivity index (χ2n) is 7.39. The standard InChI is InChI=1S/C22H26N2O/c1-17-12-14-18(15-13-17)21-16-23(20-10-6-3-7-11-20)22(24(21)25)19-8-4-2-5-9-19/h2,4-5,8-9,12-15,20,22H,3,6-7,10-11,16H2,1H3. The Balaban J connectivity index is 1.72. The lowest BCUT2D eigenvalue weighted by molar-refractivity contribution is -0.524. The summed E-state index contributed by atoms with van der Waals surface area (Å²) in [5, 5.41) is 13.3. The van der Waals surface area contributed by atoms with Gasteiger partial charge in [0.25, 0.3) is 0 Å². The molecule has 1 unspecified atom stereocenters. The van der Waals surface area contributed by atoms with E-state index in [4.69, 9.17) is 0 Å². The molecule has 1 aliphatic carbocycles. The summed E-state index contributed by atoms with van der Waals surface area (Å²) < 4.78 is 1.26. The van der Waals surface area contributed by atoms with Crippen LogP contribution in [0.5, 0.6) is 0 Å². The molecule has 2 aliphatic rings. The zero-order valence-corrected chi connectivity index (χ0v) is 14.9. The maximum atomic E-state index is 13.3. The van der Waals surface area contributed by atoms with Gasteiger partial charge in [0.1, 0.15) is 0 Å². The molecule has 0 N–H and O–H groups in total. The number of rotatable bonds is 3. The zero-order chi connectivity index (χ0) is 17.2. The maximum Gasteiger partial charge on any atom is 0.246 e. The van der Waals surface area contributed by atoms with E-state index in [1.807, 2.05) is 18.2 Å². The summed E-state index contributed by atoms with van der Waals surface area (Å²) in [6.45, 7) is 2.83. The van der Waals surface area contributed by atoms with Crippen LogP contribution in [0.2, 0.25) is 0 Å². The number of nitrogens with zero attached hydrogens (tertiary/aromatic N) is 2. The van der Waals surface area contributed by atoms with Crippen molar-refractivity contribution in [2.75, 3.05) is 6.54 Å². The normalized spacial score (nSPS) is 22.5. The van der Waals surface area contributed by atoms with Crippen LogP contribution < -0.4 is 0 Å². The van der Waals surface area contributed by atoms with Gasteiger partial charge in [0.15, 0.2) is 0 Å². The minimum atomic E-state index is -0.194. The van der Waals surface area contributed by atoms with Crippen molar-refractivity contribution in [2.24, 2.45) is 0 Å². The van der Waals surface area contributed by atoms with Gasteiger partial charge in [-0.05, 0) is 31.9 Å². The molecule has 1 saturated carbocycles. The molecule has 130 valence electrons. The van der Waals surface area contributed by atoms with Gasteiger partial charge in [0, 0.05) is 17.2 Å². The first-order chi connectivity index (χ1) is 12.2. The van der Waals surface area contributed by atoms with Crippen LogP contribution in [0, 0.1) is 12.1 Å². The average molecular weight is 334 g/mol. The van der Waals surface area contributed by atoms with Gasteiger partial charge < -0.3 is 5.21 Å². The van der Waals surface area contributed by atoms with Crippen molar-refractivity contribution in [3.8, 4) is 0 Å². The smallest absolute Gasteiger partial charge is 0.246 e. The van der Waals surface area contributed by atoms with E-state index in [0.29, 0.717) is 6.04 Å². The molecule has 3 nitrogen and oxygen atoms in total. The fourth-order valence-electron chi connectivity index (χ4n) is 4.27. The highest BCUT2D eigenvalue weighted by Gasteiger charge is 2.42. The van der Waals surface area contributed by atoms with Crippen LogP contribution in [0.3, 0.4) is 0 Å². The molecule has 4 rings (SSSR count). The van der Waals surface area contributed by atoms with Crippen LogP contribution in [-0.2, 0) is 0 Å². The van der Waals surface area contributed by atoms with Crippen molar-refractivity contribution >= 4 is 5.71 Å². The third-order valence-electron chi connectivity index (χ3n) is 5.66. The van der Waals surface area contributed by atoms with E-state index in [1.165, 1.54) is 42.4 Å². The summed E-state index contributed by atoms with van der Waals surface area (Å²) in [6, 6.07) is 19.1. The van der Waals surface area contributed by atoms with Gasteiger partial charge in [0.05, 0.1) is 6.54 Å². The second-order valence-corrected chi connectivity index (χ2v) is 7.39. The molecule has 0 spiro atoms. The lowest BCUT2D eigenvalue weighted by Crippen LogP contribution is -2.39. The SMILES string of the molecule is Cc1ccc(C2=[N+]([O-])C(c3ccccc3)N(C3CCCCC3)C2)cc1. The summed E-state index contributed by atoms with van der Waals surface area (Å²) in [5.74, 6) is 0. The largest absolute Gasteiger partial charge is 0.622 e. The Morgan fingerprint density at radius 2 is 1.60 bits per heavy atom. The summed E-state index contributed by atoms with van der Waals surface area (Å²) in [4.78, 5) is 2.44. The molecule has 2 aromatic rings. The number of hydrogen-bond acceptors (Lipinski definition) is 2. The Kier molecular flexibility index (Phi) is 4.58. The number of hydroxylamine groups is 1. The molecule has 1 atom stereocenters. The first kappa shape index (κ1) is 16.3. The molecule has 0 saturated heterocycles. The molecule has 1 aliphatic heterocycles. The van der Waals surface area contributed by atoms with Crippen LogP contribution in [0.15, 0.2) is 54.6 Å². The van der Waals surface area contributed by atoms with Crippen LogP contribution in [-0.4, -0.2) is 27.9 Å². The van der Waals surface area contributed by atoms with Gasteiger partial charge in [-0.15, -0.1) is 0 Å². The summed E-state index contributed by atoms with van der Waals surface area (Å²) >= 11 is 0. The number of benzene rings is 2. The number of aryl methyl sites for hydroxylation is 1. The Hall–Kier alpha value is -2.13. The Labute approximate surface area is 150 Å². The fraction of sp³-hybridized carbons (Fsp3) is 0.409.